The molecule has 0 radical (unpaired) electrons. The van der Waals surface area contributed by atoms with Crippen LogP contribution in [0.5, 0.6) is 0 Å². The Kier molecular flexibility index (Phi) is 8.09. The molecular formula is C18H29NO2. The number of benzene rings is 1. The van der Waals surface area contributed by atoms with Gasteiger partial charge in [-0.25, -0.2) is 0 Å². The topological polar surface area (TPSA) is 32.7 Å². The Hall–Kier alpha value is -1.32. The predicted molar refractivity (Wildman–Crippen MR) is 89.7 cm³/mol. The maximum Gasteiger partial charge on any atom is 0.124 e. The molecule has 1 aliphatic rings. The molecule has 2 unspecified atom stereocenters. The van der Waals surface area contributed by atoms with Crippen LogP contribution < -0.4 is 4.90 Å². The Bertz CT molecular complexity index is 417. The highest BCUT2D eigenvalue weighted by Crippen LogP contribution is 2.32. The van der Waals surface area contributed by atoms with E-state index in [1.54, 1.807) is 6.08 Å². The fraction of sp³-hybridized carbons (Fsp3) is 0.556. The first kappa shape index (κ1) is 17.7. The average molecular weight is 291 g/mol. The number of anilines is 1. The van der Waals surface area contributed by atoms with Crippen molar-refractivity contribution in [3.8, 4) is 0 Å². The zero-order valence-electron chi connectivity index (χ0n) is 13.6. The van der Waals surface area contributed by atoms with Crippen molar-refractivity contribution in [3.05, 3.63) is 42.5 Å². The Morgan fingerprint density at radius 3 is 2.81 bits per heavy atom. The van der Waals surface area contributed by atoms with E-state index in [0.717, 1.165) is 19.4 Å². The van der Waals surface area contributed by atoms with Crippen molar-refractivity contribution in [3.63, 3.8) is 0 Å². The van der Waals surface area contributed by atoms with Gasteiger partial charge in [0.1, 0.15) is 6.23 Å². The maximum absolute atomic E-state index is 9.60. The summed E-state index contributed by atoms with van der Waals surface area (Å²) >= 11 is 0. The zero-order valence-corrected chi connectivity index (χ0v) is 13.6. The van der Waals surface area contributed by atoms with Gasteiger partial charge >= 0.3 is 0 Å². The number of aliphatic hydroxyl groups is 1. The summed E-state index contributed by atoms with van der Waals surface area (Å²) < 4.78 is 5.11. The summed E-state index contributed by atoms with van der Waals surface area (Å²) in [6.07, 6.45) is 4.79. The average Bonchev–Trinajstić information content (AvgIpc) is 2.80. The van der Waals surface area contributed by atoms with Crippen LogP contribution in [0.25, 0.3) is 0 Å². The number of hydrogen-bond acceptors (Lipinski definition) is 3. The van der Waals surface area contributed by atoms with Gasteiger partial charge in [0.05, 0.1) is 6.61 Å². The number of nitrogens with zero attached hydrogens (tertiary/aromatic N) is 1. The van der Waals surface area contributed by atoms with E-state index in [2.05, 4.69) is 43.5 Å². The van der Waals surface area contributed by atoms with Gasteiger partial charge in [-0.15, -0.1) is 6.58 Å². The number of para-hydroxylation sites is 1. The molecule has 3 heteroatoms. The van der Waals surface area contributed by atoms with Gasteiger partial charge in [-0.1, -0.05) is 37.6 Å². The van der Waals surface area contributed by atoms with Crippen molar-refractivity contribution in [2.24, 2.45) is 0 Å². The van der Waals surface area contributed by atoms with E-state index in [0.29, 0.717) is 12.6 Å². The minimum Gasteiger partial charge on any atom is -0.377 e. The smallest absolute Gasteiger partial charge is 0.124 e. The molecular weight excluding hydrogens is 262 g/mol. The molecule has 1 aliphatic heterocycles. The molecule has 1 aromatic carbocycles. The Morgan fingerprint density at radius 2 is 2.19 bits per heavy atom. The fourth-order valence-electron chi connectivity index (χ4n) is 2.57. The van der Waals surface area contributed by atoms with Gasteiger partial charge in [0, 0.05) is 18.3 Å². The molecule has 0 fully saturated rings. The SMILES string of the molecule is C=CCOCCCC.CC(O)N1c2ccccc2CC1C. The predicted octanol–water partition coefficient (Wildman–Crippen LogP) is 3.77. The summed E-state index contributed by atoms with van der Waals surface area (Å²) in [5, 5.41) is 9.60. The Balaban J connectivity index is 0.000000240. The number of unbranched alkanes of at least 4 members (excludes halogenated alkanes) is 1. The van der Waals surface area contributed by atoms with Gasteiger partial charge in [-0.3, -0.25) is 0 Å². The lowest BCUT2D eigenvalue weighted by atomic mass is 10.1. The largest absolute Gasteiger partial charge is 0.377 e. The summed E-state index contributed by atoms with van der Waals surface area (Å²) in [4.78, 5) is 2.06. The van der Waals surface area contributed by atoms with Crippen molar-refractivity contribution in [2.45, 2.75) is 52.3 Å². The summed E-state index contributed by atoms with van der Waals surface area (Å²) in [7, 11) is 0. The van der Waals surface area contributed by atoms with Crippen molar-refractivity contribution in [1.29, 1.82) is 0 Å². The molecule has 1 heterocycles. The van der Waals surface area contributed by atoms with E-state index in [4.69, 9.17) is 4.74 Å². The normalized spacial score (nSPS) is 17.7. The third-order valence-corrected chi connectivity index (χ3v) is 3.54. The minimum absolute atomic E-state index is 0.390. The van der Waals surface area contributed by atoms with Crippen LogP contribution in [0.3, 0.4) is 0 Å². The first-order chi connectivity index (χ1) is 10.1. The molecule has 2 rings (SSSR count). The number of rotatable bonds is 6. The number of hydrogen-bond donors (Lipinski definition) is 1. The summed E-state index contributed by atoms with van der Waals surface area (Å²) in [6, 6.07) is 8.70. The standard InChI is InChI=1S/C11H15NO.C7H14O/c1-8-7-10-5-3-4-6-11(10)12(8)9(2)13;1-3-5-7-8-6-4-2/h3-6,8-9,13H,7H2,1-2H3;4H,2-3,5-7H2,1H3. The first-order valence-electron chi connectivity index (χ1n) is 7.84. The first-order valence-corrected chi connectivity index (χ1v) is 7.84. The van der Waals surface area contributed by atoms with Gasteiger partial charge in [0.25, 0.3) is 0 Å². The molecule has 0 spiro atoms. The molecule has 0 saturated heterocycles. The molecule has 21 heavy (non-hydrogen) atoms. The van der Waals surface area contributed by atoms with Gasteiger partial charge in [-0.2, -0.15) is 0 Å². The summed E-state index contributed by atoms with van der Waals surface area (Å²) in [5.41, 5.74) is 2.53. The second kappa shape index (κ2) is 9.59. The maximum atomic E-state index is 9.60. The van der Waals surface area contributed by atoms with E-state index in [9.17, 15) is 5.11 Å². The molecule has 0 bridgehead atoms. The second-order valence-corrected chi connectivity index (χ2v) is 5.44. The molecule has 0 aliphatic carbocycles. The van der Waals surface area contributed by atoms with Crippen LogP contribution in [0.15, 0.2) is 36.9 Å². The highest BCUT2D eigenvalue weighted by Gasteiger charge is 2.27. The van der Waals surface area contributed by atoms with Crippen molar-refractivity contribution < 1.29 is 9.84 Å². The number of ether oxygens (including phenoxy) is 1. The highest BCUT2D eigenvalue weighted by atomic mass is 16.5. The van der Waals surface area contributed by atoms with Crippen LogP contribution in [0, 0.1) is 0 Å². The van der Waals surface area contributed by atoms with Crippen molar-refractivity contribution in [2.75, 3.05) is 18.1 Å². The molecule has 0 amide bonds. The van der Waals surface area contributed by atoms with Crippen molar-refractivity contribution >= 4 is 5.69 Å². The van der Waals surface area contributed by atoms with E-state index in [1.807, 2.05) is 13.0 Å². The van der Waals surface area contributed by atoms with E-state index in [-0.39, 0.29) is 0 Å². The van der Waals surface area contributed by atoms with Crippen LogP contribution >= 0.6 is 0 Å². The van der Waals surface area contributed by atoms with Gasteiger partial charge < -0.3 is 14.7 Å². The zero-order chi connectivity index (χ0) is 15.7. The summed E-state index contributed by atoms with van der Waals surface area (Å²) in [6.45, 7) is 11.2. The monoisotopic (exact) mass is 291 g/mol. The Labute approximate surface area is 129 Å². The third-order valence-electron chi connectivity index (χ3n) is 3.54. The highest BCUT2D eigenvalue weighted by molar-refractivity contribution is 5.59. The minimum atomic E-state index is -0.390. The van der Waals surface area contributed by atoms with Crippen LogP contribution in [0.2, 0.25) is 0 Å². The van der Waals surface area contributed by atoms with Crippen LogP contribution in [0.4, 0.5) is 5.69 Å². The van der Waals surface area contributed by atoms with E-state index in [1.165, 1.54) is 17.7 Å². The van der Waals surface area contributed by atoms with Gasteiger partial charge in [0.15, 0.2) is 0 Å². The van der Waals surface area contributed by atoms with Crippen LogP contribution in [0.1, 0.15) is 39.2 Å². The molecule has 3 nitrogen and oxygen atoms in total. The lowest BCUT2D eigenvalue weighted by molar-refractivity contribution is 0.159. The van der Waals surface area contributed by atoms with E-state index >= 15 is 0 Å². The summed E-state index contributed by atoms with van der Waals surface area (Å²) in [5.74, 6) is 0. The van der Waals surface area contributed by atoms with Crippen molar-refractivity contribution in [1.82, 2.24) is 0 Å². The Morgan fingerprint density at radius 1 is 1.48 bits per heavy atom. The number of fused-ring (bicyclic) bond motifs is 1. The molecule has 2 atom stereocenters. The molecule has 1 N–H and O–H groups in total. The second-order valence-electron chi connectivity index (χ2n) is 5.44. The van der Waals surface area contributed by atoms with Crippen LogP contribution in [-0.2, 0) is 11.2 Å². The molecule has 0 saturated carbocycles. The molecule has 0 aromatic heterocycles. The van der Waals surface area contributed by atoms with Gasteiger partial charge in [0.2, 0.25) is 0 Å². The molecule has 118 valence electrons. The van der Waals surface area contributed by atoms with Gasteiger partial charge in [-0.05, 0) is 38.3 Å². The number of aliphatic hydroxyl groups excluding tert-OH is 1. The fourth-order valence-corrected chi connectivity index (χ4v) is 2.57. The lowest BCUT2D eigenvalue weighted by Crippen LogP contribution is -2.37. The lowest BCUT2D eigenvalue weighted by Gasteiger charge is -2.27. The van der Waals surface area contributed by atoms with Crippen LogP contribution in [-0.4, -0.2) is 30.6 Å². The molecule has 1 aromatic rings. The van der Waals surface area contributed by atoms with E-state index < -0.39 is 6.23 Å². The third kappa shape index (κ3) is 5.52. The quantitative estimate of drug-likeness (QED) is 0.640.